The zero-order valence-corrected chi connectivity index (χ0v) is 14.9. The third-order valence-corrected chi connectivity index (χ3v) is 4.34. The first-order valence-corrected chi connectivity index (χ1v) is 8.19. The highest BCUT2D eigenvalue weighted by Crippen LogP contribution is 2.37. The third kappa shape index (κ3) is 2.86. The topological polar surface area (TPSA) is 17.8 Å². The second-order valence-corrected chi connectivity index (χ2v) is 7.25. The molecule has 1 heterocycles. The summed E-state index contributed by atoms with van der Waals surface area (Å²) in [6.45, 7) is 10.5. The third-order valence-electron chi connectivity index (χ3n) is 4.34. The zero-order chi connectivity index (χ0) is 17.5. The number of benzene rings is 2. The first-order valence-electron chi connectivity index (χ1n) is 8.19. The van der Waals surface area contributed by atoms with Crippen molar-refractivity contribution in [1.29, 1.82) is 0 Å². The van der Waals surface area contributed by atoms with Crippen LogP contribution < -0.4 is 0 Å². The SMILES string of the molecule is Cc1cccc(C)c1-c1cc(F)ccc1-c1nccn1C(C)(C)C. The number of hydrogen-bond acceptors (Lipinski definition) is 1. The van der Waals surface area contributed by atoms with Crippen LogP contribution in [-0.2, 0) is 5.54 Å². The Labute approximate surface area is 143 Å². The highest BCUT2D eigenvalue weighted by atomic mass is 19.1. The van der Waals surface area contributed by atoms with Gasteiger partial charge in [0, 0.05) is 23.5 Å². The van der Waals surface area contributed by atoms with Gasteiger partial charge in [0.1, 0.15) is 11.6 Å². The van der Waals surface area contributed by atoms with E-state index >= 15 is 0 Å². The van der Waals surface area contributed by atoms with Gasteiger partial charge in [0.2, 0.25) is 0 Å². The Morgan fingerprint density at radius 3 is 2.25 bits per heavy atom. The monoisotopic (exact) mass is 322 g/mol. The maximum Gasteiger partial charge on any atom is 0.141 e. The molecule has 0 fully saturated rings. The summed E-state index contributed by atoms with van der Waals surface area (Å²) in [4.78, 5) is 4.57. The largest absolute Gasteiger partial charge is 0.326 e. The molecule has 2 aromatic carbocycles. The van der Waals surface area contributed by atoms with Crippen LogP contribution in [0, 0.1) is 19.7 Å². The number of aromatic nitrogens is 2. The van der Waals surface area contributed by atoms with Crippen molar-refractivity contribution >= 4 is 0 Å². The summed E-state index contributed by atoms with van der Waals surface area (Å²) >= 11 is 0. The number of hydrogen-bond donors (Lipinski definition) is 0. The lowest BCUT2D eigenvalue weighted by Gasteiger charge is -2.24. The lowest BCUT2D eigenvalue weighted by molar-refractivity contribution is 0.401. The van der Waals surface area contributed by atoms with Gasteiger partial charge in [-0.2, -0.15) is 0 Å². The first-order chi connectivity index (χ1) is 11.3. The van der Waals surface area contributed by atoms with Crippen molar-refractivity contribution < 1.29 is 4.39 Å². The van der Waals surface area contributed by atoms with Gasteiger partial charge in [-0.05, 0) is 75.1 Å². The molecule has 0 aliphatic carbocycles. The average Bonchev–Trinajstić information content (AvgIpc) is 2.96. The average molecular weight is 322 g/mol. The van der Waals surface area contributed by atoms with Crippen LogP contribution in [0.15, 0.2) is 48.8 Å². The van der Waals surface area contributed by atoms with Gasteiger partial charge < -0.3 is 4.57 Å². The minimum Gasteiger partial charge on any atom is -0.326 e. The summed E-state index contributed by atoms with van der Waals surface area (Å²) in [6, 6.07) is 11.1. The molecule has 3 aromatic rings. The number of imidazole rings is 1. The van der Waals surface area contributed by atoms with E-state index < -0.39 is 0 Å². The molecule has 1 aromatic heterocycles. The van der Waals surface area contributed by atoms with Gasteiger partial charge in [-0.15, -0.1) is 0 Å². The molecule has 0 aliphatic rings. The van der Waals surface area contributed by atoms with Crippen molar-refractivity contribution in [1.82, 2.24) is 9.55 Å². The molecule has 0 radical (unpaired) electrons. The number of aryl methyl sites for hydroxylation is 2. The molecular formula is C21H23FN2. The smallest absolute Gasteiger partial charge is 0.141 e. The standard InChI is InChI=1S/C21H23FN2/c1-14-7-6-8-15(2)19(14)18-13-16(22)9-10-17(18)20-23-11-12-24(20)21(3,4)5/h6-13H,1-5H3. The Morgan fingerprint density at radius 2 is 1.62 bits per heavy atom. The highest BCUT2D eigenvalue weighted by Gasteiger charge is 2.21. The quantitative estimate of drug-likeness (QED) is 0.589. The van der Waals surface area contributed by atoms with Crippen molar-refractivity contribution in [2.75, 3.05) is 0 Å². The van der Waals surface area contributed by atoms with Crippen molar-refractivity contribution in [3.8, 4) is 22.5 Å². The first kappa shape index (κ1) is 16.4. The van der Waals surface area contributed by atoms with Gasteiger partial charge in [0.25, 0.3) is 0 Å². The normalized spacial score (nSPS) is 11.8. The Bertz CT molecular complexity index is 865. The van der Waals surface area contributed by atoms with Crippen LogP contribution >= 0.6 is 0 Å². The molecule has 0 bridgehead atoms. The van der Waals surface area contributed by atoms with Gasteiger partial charge in [-0.1, -0.05) is 18.2 Å². The molecule has 0 aliphatic heterocycles. The van der Waals surface area contributed by atoms with Crippen molar-refractivity contribution in [3.05, 3.63) is 65.7 Å². The number of halogens is 1. The predicted octanol–water partition coefficient (Wildman–Crippen LogP) is 5.73. The molecule has 124 valence electrons. The lowest BCUT2D eigenvalue weighted by atomic mass is 9.91. The van der Waals surface area contributed by atoms with Gasteiger partial charge in [-0.3, -0.25) is 0 Å². The van der Waals surface area contributed by atoms with Crippen LogP contribution in [-0.4, -0.2) is 9.55 Å². The van der Waals surface area contributed by atoms with E-state index in [0.717, 1.165) is 33.6 Å². The molecule has 3 rings (SSSR count). The van der Waals surface area contributed by atoms with Gasteiger partial charge in [-0.25, -0.2) is 9.37 Å². The van der Waals surface area contributed by atoms with E-state index in [4.69, 9.17) is 0 Å². The summed E-state index contributed by atoms with van der Waals surface area (Å²) in [5.74, 6) is 0.630. The zero-order valence-electron chi connectivity index (χ0n) is 14.9. The Balaban J connectivity index is 2.31. The molecule has 0 unspecified atom stereocenters. The fourth-order valence-corrected chi connectivity index (χ4v) is 3.20. The van der Waals surface area contributed by atoms with Crippen LogP contribution in [0.1, 0.15) is 31.9 Å². The number of rotatable bonds is 2. The van der Waals surface area contributed by atoms with Crippen molar-refractivity contribution in [3.63, 3.8) is 0 Å². The molecule has 2 nitrogen and oxygen atoms in total. The molecule has 0 N–H and O–H groups in total. The molecule has 3 heteroatoms. The highest BCUT2D eigenvalue weighted by molar-refractivity contribution is 5.84. The number of nitrogens with zero attached hydrogens (tertiary/aromatic N) is 2. The van der Waals surface area contributed by atoms with Crippen LogP contribution in [0.3, 0.4) is 0 Å². The lowest BCUT2D eigenvalue weighted by Crippen LogP contribution is -2.22. The van der Waals surface area contributed by atoms with E-state index in [2.05, 4.69) is 56.3 Å². The Hall–Kier alpha value is -2.42. The molecule has 0 saturated carbocycles. The maximum absolute atomic E-state index is 14.0. The van der Waals surface area contributed by atoms with Gasteiger partial charge in [0.15, 0.2) is 0 Å². The molecule has 24 heavy (non-hydrogen) atoms. The minimum absolute atomic E-state index is 0.0989. The predicted molar refractivity (Wildman–Crippen MR) is 97.5 cm³/mol. The summed E-state index contributed by atoms with van der Waals surface area (Å²) in [5.41, 5.74) is 5.09. The van der Waals surface area contributed by atoms with Gasteiger partial charge >= 0.3 is 0 Å². The van der Waals surface area contributed by atoms with Crippen LogP contribution in [0.2, 0.25) is 0 Å². The van der Waals surface area contributed by atoms with E-state index in [1.54, 1.807) is 12.3 Å². The molecular weight excluding hydrogens is 299 g/mol. The molecule has 0 atom stereocenters. The van der Waals surface area contributed by atoms with E-state index in [-0.39, 0.29) is 11.4 Å². The van der Waals surface area contributed by atoms with Crippen molar-refractivity contribution in [2.45, 2.75) is 40.2 Å². The van der Waals surface area contributed by atoms with Crippen LogP contribution in [0.25, 0.3) is 22.5 Å². The fraction of sp³-hybridized carbons (Fsp3) is 0.286. The Kier molecular flexibility index (Phi) is 4.04. The molecule has 0 saturated heterocycles. The molecule has 0 spiro atoms. The van der Waals surface area contributed by atoms with E-state index in [1.165, 1.54) is 6.07 Å². The minimum atomic E-state index is -0.231. The maximum atomic E-state index is 14.0. The van der Waals surface area contributed by atoms with E-state index in [0.29, 0.717) is 0 Å². The molecule has 0 amide bonds. The second-order valence-electron chi connectivity index (χ2n) is 7.25. The van der Waals surface area contributed by atoms with Crippen molar-refractivity contribution in [2.24, 2.45) is 0 Å². The summed E-state index contributed by atoms with van der Waals surface area (Å²) in [5, 5.41) is 0. The van der Waals surface area contributed by atoms with Crippen LogP contribution in [0.5, 0.6) is 0 Å². The van der Waals surface area contributed by atoms with Crippen LogP contribution in [0.4, 0.5) is 4.39 Å². The fourth-order valence-electron chi connectivity index (χ4n) is 3.20. The summed E-state index contributed by atoms with van der Waals surface area (Å²) in [7, 11) is 0. The van der Waals surface area contributed by atoms with Gasteiger partial charge in [0.05, 0.1) is 0 Å². The Morgan fingerprint density at radius 1 is 0.958 bits per heavy atom. The van der Waals surface area contributed by atoms with E-state index in [1.807, 2.05) is 18.3 Å². The second kappa shape index (κ2) is 5.90. The summed E-state index contributed by atoms with van der Waals surface area (Å²) in [6.07, 6.45) is 3.78. The summed E-state index contributed by atoms with van der Waals surface area (Å²) < 4.78 is 16.2. The van der Waals surface area contributed by atoms with E-state index in [9.17, 15) is 4.39 Å².